The first kappa shape index (κ1) is 17.1. The number of carbonyl (C=O) groups excluding carboxylic acids is 1. The largest absolute Gasteiger partial charge is 0.349 e. The topological polar surface area (TPSA) is 58.1 Å². The zero-order valence-corrected chi connectivity index (χ0v) is 14.0. The van der Waals surface area contributed by atoms with Crippen LogP contribution in [0.5, 0.6) is 0 Å². The normalized spacial score (nSPS) is 12.2. The molecule has 5 heteroatoms. The molecule has 0 radical (unpaired) electrons. The second-order valence-corrected chi connectivity index (χ2v) is 5.40. The van der Waals surface area contributed by atoms with Crippen LogP contribution in [0.2, 0.25) is 0 Å². The fraction of sp³-hybridized carbons (Fsp3) is 0.389. The molecule has 0 spiro atoms. The number of hydrogen-bond acceptors (Lipinski definition) is 4. The Morgan fingerprint density at radius 2 is 1.83 bits per heavy atom. The molecule has 1 aromatic carbocycles. The van der Waals surface area contributed by atoms with E-state index < -0.39 is 0 Å². The van der Waals surface area contributed by atoms with Crippen LogP contribution in [0.15, 0.2) is 42.7 Å². The Labute approximate surface area is 137 Å². The molecule has 1 aromatic heterocycles. The van der Waals surface area contributed by atoms with Crippen LogP contribution in [0, 0.1) is 6.92 Å². The van der Waals surface area contributed by atoms with Crippen molar-refractivity contribution >= 4 is 5.91 Å². The van der Waals surface area contributed by atoms with Crippen molar-refractivity contribution in [3.63, 3.8) is 0 Å². The van der Waals surface area contributed by atoms with Gasteiger partial charge in [-0.25, -0.2) is 4.98 Å². The molecule has 0 aliphatic rings. The monoisotopic (exact) mass is 312 g/mol. The van der Waals surface area contributed by atoms with E-state index >= 15 is 0 Å². The molecule has 1 atom stereocenters. The summed E-state index contributed by atoms with van der Waals surface area (Å²) in [6.45, 7) is 8.51. The minimum Gasteiger partial charge on any atom is -0.349 e. The summed E-state index contributed by atoms with van der Waals surface area (Å²) in [6, 6.07) is 10.4. The summed E-state index contributed by atoms with van der Waals surface area (Å²) in [6.07, 6.45) is 3.12. The van der Waals surface area contributed by atoms with Crippen molar-refractivity contribution in [2.45, 2.75) is 26.8 Å². The Balaban J connectivity index is 2.09. The lowest BCUT2D eigenvalue weighted by Crippen LogP contribution is -2.38. The molecule has 0 saturated heterocycles. The van der Waals surface area contributed by atoms with Gasteiger partial charge in [-0.3, -0.25) is 14.7 Å². The maximum Gasteiger partial charge on any atom is 0.271 e. The number of amides is 1. The smallest absolute Gasteiger partial charge is 0.271 e. The highest BCUT2D eigenvalue weighted by Crippen LogP contribution is 2.19. The highest BCUT2D eigenvalue weighted by Gasteiger charge is 2.19. The third-order valence-corrected chi connectivity index (χ3v) is 3.91. The van der Waals surface area contributed by atoms with E-state index in [4.69, 9.17) is 0 Å². The zero-order chi connectivity index (χ0) is 16.7. The van der Waals surface area contributed by atoms with Crippen LogP contribution >= 0.6 is 0 Å². The number of aromatic nitrogens is 2. The molecule has 1 unspecified atom stereocenters. The van der Waals surface area contributed by atoms with Gasteiger partial charge in [0.25, 0.3) is 5.91 Å². The molecule has 1 N–H and O–H groups in total. The van der Waals surface area contributed by atoms with E-state index in [0.717, 1.165) is 18.8 Å². The number of rotatable bonds is 7. The molecule has 0 fully saturated rings. The molecule has 0 bridgehead atoms. The number of nitrogens with zero attached hydrogens (tertiary/aromatic N) is 3. The first-order valence-corrected chi connectivity index (χ1v) is 8.01. The van der Waals surface area contributed by atoms with Gasteiger partial charge in [-0.15, -0.1) is 0 Å². The van der Waals surface area contributed by atoms with Gasteiger partial charge in [0.1, 0.15) is 5.69 Å². The average molecular weight is 312 g/mol. The third kappa shape index (κ3) is 4.60. The van der Waals surface area contributed by atoms with Crippen molar-refractivity contribution in [2.24, 2.45) is 0 Å². The van der Waals surface area contributed by atoms with E-state index in [2.05, 4.69) is 46.2 Å². The van der Waals surface area contributed by atoms with Crippen molar-refractivity contribution in [3.8, 4) is 0 Å². The predicted octanol–water partition coefficient (Wildman–Crippen LogP) is 2.60. The molecule has 5 nitrogen and oxygen atoms in total. The van der Waals surface area contributed by atoms with Crippen molar-refractivity contribution in [1.82, 2.24) is 20.2 Å². The summed E-state index contributed by atoms with van der Waals surface area (Å²) in [5.41, 5.74) is 2.35. The Kier molecular flexibility index (Phi) is 6.23. The van der Waals surface area contributed by atoms with E-state index in [1.807, 2.05) is 25.1 Å². The van der Waals surface area contributed by atoms with Crippen molar-refractivity contribution < 1.29 is 4.79 Å². The fourth-order valence-electron chi connectivity index (χ4n) is 2.59. The summed E-state index contributed by atoms with van der Waals surface area (Å²) < 4.78 is 0. The van der Waals surface area contributed by atoms with Crippen LogP contribution in [-0.2, 0) is 0 Å². The number of carbonyl (C=O) groups is 1. The second kappa shape index (κ2) is 8.39. The summed E-state index contributed by atoms with van der Waals surface area (Å²) in [7, 11) is 0. The molecular formula is C18H24N4O. The highest BCUT2D eigenvalue weighted by atomic mass is 16.1. The number of benzene rings is 1. The molecule has 0 aliphatic carbocycles. The van der Waals surface area contributed by atoms with Gasteiger partial charge in [0.15, 0.2) is 0 Å². The SMILES string of the molecule is CCN(CC)C(CNC(=O)c1cnc(C)cn1)c1ccccc1. The number of hydrogen-bond donors (Lipinski definition) is 1. The van der Waals surface area contributed by atoms with Gasteiger partial charge in [-0.05, 0) is 25.6 Å². The molecule has 0 aliphatic heterocycles. The molecule has 0 saturated carbocycles. The predicted molar refractivity (Wildman–Crippen MR) is 91.2 cm³/mol. The lowest BCUT2D eigenvalue weighted by atomic mass is 10.1. The molecule has 1 amide bonds. The number of aryl methyl sites for hydroxylation is 1. The van der Waals surface area contributed by atoms with Crippen LogP contribution in [0.25, 0.3) is 0 Å². The van der Waals surface area contributed by atoms with E-state index in [0.29, 0.717) is 12.2 Å². The molecule has 23 heavy (non-hydrogen) atoms. The van der Waals surface area contributed by atoms with E-state index in [-0.39, 0.29) is 11.9 Å². The summed E-state index contributed by atoms with van der Waals surface area (Å²) in [5.74, 6) is -0.189. The molecule has 122 valence electrons. The highest BCUT2D eigenvalue weighted by molar-refractivity contribution is 5.91. The van der Waals surface area contributed by atoms with Crippen LogP contribution in [0.3, 0.4) is 0 Å². The van der Waals surface area contributed by atoms with Crippen LogP contribution in [-0.4, -0.2) is 40.4 Å². The average Bonchev–Trinajstić information content (AvgIpc) is 2.59. The van der Waals surface area contributed by atoms with Gasteiger partial charge in [0.05, 0.1) is 17.9 Å². The standard InChI is InChI=1S/C18H24N4O/c1-4-22(5-2)17(15-9-7-6-8-10-15)13-21-18(23)16-12-19-14(3)11-20-16/h6-12,17H,4-5,13H2,1-3H3,(H,21,23). The van der Waals surface area contributed by atoms with Crippen molar-refractivity contribution in [2.75, 3.05) is 19.6 Å². The van der Waals surface area contributed by atoms with Gasteiger partial charge < -0.3 is 5.32 Å². The quantitative estimate of drug-likeness (QED) is 0.854. The van der Waals surface area contributed by atoms with Crippen LogP contribution in [0.4, 0.5) is 0 Å². The van der Waals surface area contributed by atoms with E-state index in [1.54, 1.807) is 6.20 Å². The molecule has 2 rings (SSSR count). The van der Waals surface area contributed by atoms with Gasteiger partial charge in [0, 0.05) is 12.7 Å². The zero-order valence-electron chi connectivity index (χ0n) is 14.0. The number of likely N-dealkylation sites (N-methyl/N-ethyl adjacent to an activating group) is 1. The van der Waals surface area contributed by atoms with Crippen LogP contribution < -0.4 is 5.32 Å². The van der Waals surface area contributed by atoms with Gasteiger partial charge in [-0.1, -0.05) is 44.2 Å². The number of nitrogens with one attached hydrogen (secondary N) is 1. The Morgan fingerprint density at radius 1 is 1.13 bits per heavy atom. The lowest BCUT2D eigenvalue weighted by molar-refractivity contribution is 0.0929. The Bertz CT molecular complexity index is 609. The van der Waals surface area contributed by atoms with E-state index in [1.165, 1.54) is 11.8 Å². The molecular weight excluding hydrogens is 288 g/mol. The van der Waals surface area contributed by atoms with Gasteiger partial charge in [0.2, 0.25) is 0 Å². The van der Waals surface area contributed by atoms with Gasteiger partial charge >= 0.3 is 0 Å². The van der Waals surface area contributed by atoms with Crippen molar-refractivity contribution in [1.29, 1.82) is 0 Å². The summed E-state index contributed by atoms with van der Waals surface area (Å²) in [4.78, 5) is 22.8. The van der Waals surface area contributed by atoms with E-state index in [9.17, 15) is 4.79 Å². The van der Waals surface area contributed by atoms with Gasteiger partial charge in [-0.2, -0.15) is 0 Å². The first-order valence-electron chi connectivity index (χ1n) is 8.01. The first-order chi connectivity index (χ1) is 11.2. The molecule has 1 heterocycles. The van der Waals surface area contributed by atoms with Crippen LogP contribution in [0.1, 0.15) is 41.6 Å². The third-order valence-electron chi connectivity index (χ3n) is 3.91. The summed E-state index contributed by atoms with van der Waals surface area (Å²) >= 11 is 0. The maximum absolute atomic E-state index is 12.3. The Hall–Kier alpha value is -2.27. The minimum absolute atomic E-state index is 0.147. The second-order valence-electron chi connectivity index (χ2n) is 5.40. The molecule has 2 aromatic rings. The Morgan fingerprint density at radius 3 is 2.39 bits per heavy atom. The lowest BCUT2D eigenvalue weighted by Gasteiger charge is -2.30. The minimum atomic E-state index is -0.189. The van der Waals surface area contributed by atoms with Crippen molar-refractivity contribution in [3.05, 3.63) is 59.7 Å². The fourth-order valence-corrected chi connectivity index (χ4v) is 2.59. The maximum atomic E-state index is 12.3. The summed E-state index contributed by atoms with van der Waals surface area (Å²) in [5, 5.41) is 2.98.